The topological polar surface area (TPSA) is 87.7 Å². The molecule has 2 saturated heterocycles. The van der Waals surface area contributed by atoms with Gasteiger partial charge in [-0.1, -0.05) is 0 Å². The van der Waals surface area contributed by atoms with Gasteiger partial charge in [-0.25, -0.2) is 12.7 Å². The molecule has 0 aromatic heterocycles. The summed E-state index contributed by atoms with van der Waals surface area (Å²) in [6.07, 6.45) is -0.516. The number of hydrogen-bond donors (Lipinski definition) is 2. The molecule has 0 aromatic carbocycles. The third-order valence-electron chi connectivity index (χ3n) is 3.24. The zero-order chi connectivity index (χ0) is 14.4. The molecule has 2 N–H and O–H groups in total. The van der Waals surface area contributed by atoms with Crippen LogP contribution in [0, 0.1) is 0 Å². The highest BCUT2D eigenvalue weighted by molar-refractivity contribution is 7.99. The fraction of sp³-hybridized carbons (Fsp3) is 0.909. The summed E-state index contributed by atoms with van der Waals surface area (Å²) in [5, 5.41) is 5.69. The monoisotopic (exact) mass is 323 g/mol. The van der Waals surface area contributed by atoms with Crippen molar-refractivity contribution in [3.63, 3.8) is 0 Å². The van der Waals surface area contributed by atoms with Crippen LogP contribution in [-0.4, -0.2) is 81.3 Å². The van der Waals surface area contributed by atoms with Gasteiger partial charge in [-0.2, -0.15) is 11.8 Å². The molecule has 9 heteroatoms. The quantitative estimate of drug-likeness (QED) is 0.638. The van der Waals surface area contributed by atoms with Crippen molar-refractivity contribution in [2.24, 2.45) is 0 Å². The molecule has 2 heterocycles. The third kappa shape index (κ3) is 4.59. The summed E-state index contributed by atoms with van der Waals surface area (Å²) in [4.78, 5) is 11.8. The molecule has 1 atom stereocenters. The summed E-state index contributed by atoms with van der Waals surface area (Å²) < 4.78 is 30.9. The van der Waals surface area contributed by atoms with Crippen molar-refractivity contribution in [1.29, 1.82) is 0 Å². The van der Waals surface area contributed by atoms with Gasteiger partial charge in [-0.3, -0.25) is 4.79 Å². The Hall–Kier alpha value is -0.350. The molecule has 0 radical (unpaired) electrons. The first-order valence-electron chi connectivity index (χ1n) is 6.75. The van der Waals surface area contributed by atoms with Gasteiger partial charge in [-0.05, 0) is 0 Å². The van der Waals surface area contributed by atoms with E-state index < -0.39 is 16.1 Å². The number of carbonyl (C=O) groups is 1. The first-order chi connectivity index (χ1) is 9.59. The Labute approximate surface area is 123 Å². The van der Waals surface area contributed by atoms with Crippen molar-refractivity contribution in [1.82, 2.24) is 14.9 Å². The van der Waals surface area contributed by atoms with Crippen LogP contribution in [0.25, 0.3) is 0 Å². The Kier molecular flexibility index (Phi) is 6.09. The van der Waals surface area contributed by atoms with Crippen LogP contribution in [0.4, 0.5) is 0 Å². The fourth-order valence-corrected chi connectivity index (χ4v) is 4.60. The molecule has 0 aliphatic carbocycles. The minimum Gasteiger partial charge on any atom is -0.366 e. The summed E-state index contributed by atoms with van der Waals surface area (Å²) in [6.45, 7) is 2.98. The lowest BCUT2D eigenvalue weighted by atomic mass is 10.3. The molecule has 2 aliphatic heterocycles. The van der Waals surface area contributed by atoms with Crippen molar-refractivity contribution in [3.8, 4) is 0 Å². The molecule has 2 rings (SSSR count). The predicted molar refractivity (Wildman–Crippen MR) is 78.3 cm³/mol. The van der Waals surface area contributed by atoms with Gasteiger partial charge in [0.1, 0.15) is 6.10 Å². The number of morpholine rings is 1. The lowest BCUT2D eigenvalue weighted by molar-refractivity contribution is -0.134. The van der Waals surface area contributed by atoms with Gasteiger partial charge in [0.05, 0.1) is 12.4 Å². The highest BCUT2D eigenvalue weighted by Crippen LogP contribution is 2.13. The van der Waals surface area contributed by atoms with Crippen molar-refractivity contribution < 1.29 is 17.9 Å². The summed E-state index contributed by atoms with van der Waals surface area (Å²) in [5.74, 6) is 1.38. The normalized spacial score (nSPS) is 25.3. The van der Waals surface area contributed by atoms with E-state index in [0.717, 1.165) is 18.1 Å². The van der Waals surface area contributed by atoms with E-state index >= 15 is 0 Å². The number of carbonyl (C=O) groups excluding carboxylic acids is 1. The maximum atomic E-state index is 12.1. The van der Waals surface area contributed by atoms with Gasteiger partial charge in [0, 0.05) is 44.2 Å². The number of hydrogen-bond acceptors (Lipinski definition) is 6. The summed E-state index contributed by atoms with van der Waals surface area (Å²) >= 11 is 1.76. The minimum absolute atomic E-state index is 0.0520. The van der Waals surface area contributed by atoms with E-state index in [1.165, 1.54) is 4.31 Å². The largest absolute Gasteiger partial charge is 0.366 e. The van der Waals surface area contributed by atoms with E-state index in [-0.39, 0.29) is 18.2 Å². The maximum Gasteiger partial charge on any atom is 0.250 e. The summed E-state index contributed by atoms with van der Waals surface area (Å²) in [6, 6.07) is 0. The zero-order valence-corrected chi connectivity index (χ0v) is 13.0. The molecule has 2 fully saturated rings. The lowest BCUT2D eigenvalue weighted by Crippen LogP contribution is -2.49. The Morgan fingerprint density at radius 3 is 2.80 bits per heavy atom. The standard InChI is InChI=1S/C11H21N3O4S2/c15-11(10-9-12-1-5-18-10)13-2-8-20(16,17)14-3-6-19-7-4-14/h10,12H,1-9H2,(H,13,15). The van der Waals surface area contributed by atoms with Crippen LogP contribution in [-0.2, 0) is 19.6 Å². The van der Waals surface area contributed by atoms with E-state index in [1.807, 2.05) is 0 Å². The van der Waals surface area contributed by atoms with Crippen LogP contribution in [0.2, 0.25) is 0 Å². The molecule has 0 saturated carbocycles. The lowest BCUT2D eigenvalue weighted by Gasteiger charge is -2.26. The molecular weight excluding hydrogens is 302 g/mol. The van der Waals surface area contributed by atoms with Crippen molar-refractivity contribution in [3.05, 3.63) is 0 Å². The van der Waals surface area contributed by atoms with Crippen LogP contribution in [0.1, 0.15) is 0 Å². The maximum absolute atomic E-state index is 12.1. The SMILES string of the molecule is O=C(NCCS(=O)(=O)N1CCSCC1)C1CNCCO1. The minimum atomic E-state index is -3.26. The molecule has 1 amide bonds. The average molecular weight is 323 g/mol. The average Bonchev–Trinajstić information content (AvgIpc) is 2.49. The highest BCUT2D eigenvalue weighted by atomic mass is 32.2. The molecule has 7 nitrogen and oxygen atoms in total. The Balaban J connectivity index is 1.72. The van der Waals surface area contributed by atoms with E-state index in [1.54, 1.807) is 11.8 Å². The number of amides is 1. The van der Waals surface area contributed by atoms with Crippen LogP contribution >= 0.6 is 11.8 Å². The van der Waals surface area contributed by atoms with Crippen LogP contribution in [0.3, 0.4) is 0 Å². The first-order valence-corrected chi connectivity index (χ1v) is 9.51. The van der Waals surface area contributed by atoms with Gasteiger partial charge in [0.2, 0.25) is 15.9 Å². The molecule has 20 heavy (non-hydrogen) atoms. The molecular formula is C11H21N3O4S2. The van der Waals surface area contributed by atoms with E-state index in [9.17, 15) is 13.2 Å². The molecule has 1 unspecified atom stereocenters. The number of ether oxygens (including phenoxy) is 1. The number of sulfonamides is 1. The van der Waals surface area contributed by atoms with Gasteiger partial charge in [0.15, 0.2) is 0 Å². The van der Waals surface area contributed by atoms with Gasteiger partial charge in [-0.15, -0.1) is 0 Å². The Bertz CT molecular complexity index is 417. The van der Waals surface area contributed by atoms with Crippen LogP contribution < -0.4 is 10.6 Å². The van der Waals surface area contributed by atoms with Crippen LogP contribution in [0.5, 0.6) is 0 Å². The number of rotatable bonds is 5. The van der Waals surface area contributed by atoms with Gasteiger partial charge < -0.3 is 15.4 Å². The van der Waals surface area contributed by atoms with E-state index in [4.69, 9.17) is 4.74 Å². The number of thioether (sulfide) groups is 1. The second-order valence-corrected chi connectivity index (χ2v) is 8.00. The fourth-order valence-electron chi connectivity index (χ4n) is 2.10. The molecule has 116 valence electrons. The third-order valence-corrected chi connectivity index (χ3v) is 6.06. The van der Waals surface area contributed by atoms with E-state index in [2.05, 4.69) is 10.6 Å². The van der Waals surface area contributed by atoms with E-state index in [0.29, 0.717) is 26.2 Å². The summed E-state index contributed by atoms with van der Waals surface area (Å²) in [7, 11) is -3.26. The first kappa shape index (κ1) is 16.0. The number of nitrogens with one attached hydrogen (secondary N) is 2. The van der Waals surface area contributed by atoms with Crippen molar-refractivity contribution in [2.45, 2.75) is 6.10 Å². The van der Waals surface area contributed by atoms with Crippen molar-refractivity contribution >= 4 is 27.7 Å². The molecule has 0 aromatic rings. The highest BCUT2D eigenvalue weighted by Gasteiger charge is 2.25. The zero-order valence-electron chi connectivity index (χ0n) is 11.3. The number of nitrogens with zero attached hydrogens (tertiary/aromatic N) is 1. The van der Waals surface area contributed by atoms with Gasteiger partial charge in [0.25, 0.3) is 0 Å². The summed E-state index contributed by atoms with van der Waals surface area (Å²) in [5.41, 5.74) is 0. The van der Waals surface area contributed by atoms with Crippen LogP contribution in [0.15, 0.2) is 0 Å². The van der Waals surface area contributed by atoms with Crippen molar-refractivity contribution in [2.75, 3.05) is 56.6 Å². The molecule has 0 bridgehead atoms. The molecule has 0 spiro atoms. The second-order valence-electron chi connectivity index (χ2n) is 4.68. The Morgan fingerprint density at radius 2 is 2.15 bits per heavy atom. The Morgan fingerprint density at radius 1 is 1.40 bits per heavy atom. The smallest absolute Gasteiger partial charge is 0.250 e. The molecule has 2 aliphatic rings. The second kappa shape index (κ2) is 7.60. The predicted octanol–water partition coefficient (Wildman–Crippen LogP) is -1.53. The van der Waals surface area contributed by atoms with Gasteiger partial charge >= 0.3 is 0 Å².